The van der Waals surface area contributed by atoms with Crippen molar-refractivity contribution in [2.75, 3.05) is 36.4 Å². The minimum atomic E-state index is -0.164. The van der Waals surface area contributed by atoms with Gasteiger partial charge >= 0.3 is 0 Å². The maximum atomic E-state index is 13.9. The molecule has 39 heavy (non-hydrogen) atoms. The van der Waals surface area contributed by atoms with Crippen LogP contribution < -0.4 is 21.1 Å². The molecule has 2 aromatic heterocycles. The molecule has 1 aliphatic heterocycles. The summed E-state index contributed by atoms with van der Waals surface area (Å²) in [6.07, 6.45) is 8.15. The topological polar surface area (TPSA) is 96.6 Å². The second-order valence-electron chi connectivity index (χ2n) is 11.6. The van der Waals surface area contributed by atoms with E-state index in [1.807, 2.05) is 23.6 Å². The maximum absolute atomic E-state index is 13.9. The van der Waals surface area contributed by atoms with Gasteiger partial charge in [0.25, 0.3) is 5.56 Å². The maximum Gasteiger partial charge on any atom is 0.299 e. The Bertz CT molecular complexity index is 1420. The molecule has 1 saturated heterocycles. The Morgan fingerprint density at radius 2 is 1.82 bits per heavy atom. The molecule has 1 aliphatic carbocycles. The summed E-state index contributed by atoms with van der Waals surface area (Å²) >= 11 is 0. The predicted molar refractivity (Wildman–Crippen MR) is 157 cm³/mol. The van der Waals surface area contributed by atoms with Gasteiger partial charge in [-0.05, 0) is 60.8 Å². The Morgan fingerprint density at radius 1 is 1.08 bits per heavy atom. The summed E-state index contributed by atoms with van der Waals surface area (Å²) in [5.74, 6) is 0.859. The lowest BCUT2D eigenvalue weighted by Crippen LogP contribution is -2.47. The molecule has 1 amide bonds. The largest absolute Gasteiger partial charge is 0.363 e. The zero-order valence-corrected chi connectivity index (χ0v) is 23.7. The number of aromatic nitrogens is 4. The predicted octanol–water partition coefficient (Wildman–Crippen LogP) is 4.15. The van der Waals surface area contributed by atoms with Gasteiger partial charge in [0.05, 0.1) is 5.69 Å². The highest BCUT2D eigenvalue weighted by atomic mass is 16.2. The number of hydrogen-bond donors (Lipinski definition) is 2. The Labute approximate surface area is 230 Å². The third-order valence-corrected chi connectivity index (χ3v) is 7.76. The van der Waals surface area contributed by atoms with Crippen molar-refractivity contribution in [3.63, 3.8) is 0 Å². The first-order chi connectivity index (χ1) is 18.8. The molecule has 9 heteroatoms. The summed E-state index contributed by atoms with van der Waals surface area (Å²) in [6.45, 7) is 11.7. The van der Waals surface area contributed by atoms with Crippen LogP contribution in [-0.2, 0) is 23.2 Å². The first-order valence-electron chi connectivity index (χ1n) is 14.3. The van der Waals surface area contributed by atoms with Crippen molar-refractivity contribution in [2.24, 2.45) is 0 Å². The summed E-state index contributed by atoms with van der Waals surface area (Å²) in [6, 6.07) is 8.00. The summed E-state index contributed by atoms with van der Waals surface area (Å²) < 4.78 is 3.31. The number of fused-ring (bicyclic) bond motifs is 1. The van der Waals surface area contributed by atoms with E-state index in [0.717, 1.165) is 68.8 Å². The van der Waals surface area contributed by atoms with Crippen molar-refractivity contribution >= 4 is 28.6 Å². The second-order valence-corrected chi connectivity index (χ2v) is 11.6. The van der Waals surface area contributed by atoms with Gasteiger partial charge in [0, 0.05) is 31.9 Å². The number of hydrogen-bond acceptors (Lipinski definition) is 6. The molecule has 1 fully saturated rings. The average Bonchev–Trinajstić information content (AvgIpc) is 3.19. The first-order valence-corrected chi connectivity index (χ1v) is 14.3. The van der Waals surface area contributed by atoms with Crippen molar-refractivity contribution in [2.45, 2.75) is 78.2 Å². The number of allylic oxidation sites excluding steroid dienone is 2. The smallest absolute Gasteiger partial charge is 0.299 e. The average molecular weight is 532 g/mol. The van der Waals surface area contributed by atoms with Crippen LogP contribution in [0.1, 0.15) is 76.9 Å². The minimum absolute atomic E-state index is 0.0403. The number of amides is 1. The fraction of sp³-hybridized carbons (Fsp3) is 0.533. The highest BCUT2D eigenvalue weighted by molar-refractivity contribution is 5.91. The number of rotatable bonds is 6. The Kier molecular flexibility index (Phi) is 7.88. The van der Waals surface area contributed by atoms with Gasteiger partial charge in [-0.15, -0.1) is 5.10 Å². The first kappa shape index (κ1) is 27.1. The molecule has 0 saturated carbocycles. The normalized spacial score (nSPS) is 16.7. The molecule has 0 radical (unpaired) electrons. The number of benzene rings is 1. The Morgan fingerprint density at radius 3 is 2.51 bits per heavy atom. The highest BCUT2D eigenvalue weighted by Gasteiger charge is 2.26. The van der Waals surface area contributed by atoms with Crippen LogP contribution in [0.2, 0.25) is 0 Å². The van der Waals surface area contributed by atoms with Crippen LogP contribution in [0, 0.1) is 0 Å². The van der Waals surface area contributed by atoms with Crippen LogP contribution in [0.25, 0.3) is 11.4 Å². The van der Waals surface area contributed by atoms with Gasteiger partial charge in [-0.2, -0.15) is 9.50 Å². The second kappa shape index (κ2) is 11.3. The molecular weight excluding hydrogens is 490 g/mol. The Hall–Kier alpha value is -3.46. The molecule has 208 valence electrons. The minimum Gasteiger partial charge on any atom is -0.363 e. The van der Waals surface area contributed by atoms with Crippen molar-refractivity contribution < 1.29 is 4.79 Å². The number of anilines is 2. The van der Waals surface area contributed by atoms with Gasteiger partial charge in [-0.1, -0.05) is 52.3 Å². The number of carbonyl (C=O) groups excluding carboxylic acids is 1. The van der Waals surface area contributed by atoms with Crippen molar-refractivity contribution in [3.05, 3.63) is 57.8 Å². The molecule has 3 aromatic rings. The van der Waals surface area contributed by atoms with Crippen LogP contribution >= 0.6 is 0 Å². The van der Waals surface area contributed by atoms with Crippen molar-refractivity contribution in [3.8, 4) is 0 Å². The van der Waals surface area contributed by atoms with Crippen LogP contribution in [0.4, 0.5) is 11.4 Å². The lowest BCUT2D eigenvalue weighted by atomic mass is 9.87. The van der Waals surface area contributed by atoms with E-state index in [1.54, 1.807) is 0 Å². The van der Waals surface area contributed by atoms with Gasteiger partial charge in [-0.3, -0.25) is 9.59 Å². The molecule has 0 spiro atoms. The summed E-state index contributed by atoms with van der Waals surface area (Å²) in [7, 11) is 0. The van der Waals surface area contributed by atoms with Crippen LogP contribution in [-0.4, -0.2) is 51.3 Å². The molecule has 0 unspecified atom stereocenters. The quantitative estimate of drug-likeness (QED) is 0.496. The fourth-order valence-corrected chi connectivity index (χ4v) is 5.57. The van der Waals surface area contributed by atoms with Crippen molar-refractivity contribution in [1.29, 1.82) is 0 Å². The third kappa shape index (κ3) is 5.78. The van der Waals surface area contributed by atoms with Gasteiger partial charge in [0.1, 0.15) is 12.2 Å². The summed E-state index contributed by atoms with van der Waals surface area (Å²) in [5, 5.41) is 11.1. The van der Waals surface area contributed by atoms with Crippen LogP contribution in [0.15, 0.2) is 35.1 Å². The highest BCUT2D eigenvalue weighted by Crippen LogP contribution is 2.26. The summed E-state index contributed by atoms with van der Waals surface area (Å²) in [5.41, 5.74) is 4.37. The zero-order chi connectivity index (χ0) is 27.6. The molecule has 1 aromatic carbocycles. The van der Waals surface area contributed by atoms with E-state index in [1.165, 1.54) is 16.5 Å². The van der Waals surface area contributed by atoms with Crippen molar-refractivity contribution in [1.82, 2.24) is 24.5 Å². The monoisotopic (exact) mass is 531 g/mol. The lowest BCUT2D eigenvalue weighted by molar-refractivity contribution is -0.116. The fourth-order valence-electron chi connectivity index (χ4n) is 5.57. The molecular formula is C30H41N7O2. The summed E-state index contributed by atoms with van der Waals surface area (Å²) in [4.78, 5) is 34.3. The van der Waals surface area contributed by atoms with Crippen LogP contribution in [0.5, 0.6) is 0 Å². The van der Waals surface area contributed by atoms with E-state index in [-0.39, 0.29) is 23.4 Å². The molecule has 2 aliphatic rings. The van der Waals surface area contributed by atoms with E-state index in [9.17, 15) is 9.59 Å². The number of piperazine rings is 1. The molecule has 9 nitrogen and oxygen atoms in total. The number of nitrogens with zero attached hydrogens (tertiary/aromatic N) is 5. The van der Waals surface area contributed by atoms with Gasteiger partial charge in [0.2, 0.25) is 11.7 Å². The van der Waals surface area contributed by atoms with Gasteiger partial charge < -0.3 is 20.1 Å². The molecule has 3 heterocycles. The van der Waals surface area contributed by atoms with Gasteiger partial charge in [0.15, 0.2) is 5.82 Å². The zero-order valence-electron chi connectivity index (χ0n) is 23.7. The molecule has 2 N–H and O–H groups in total. The number of nitrogens with one attached hydrogen (secondary N) is 2. The third-order valence-electron chi connectivity index (χ3n) is 7.76. The van der Waals surface area contributed by atoms with Crippen LogP contribution in [0.3, 0.4) is 0 Å². The lowest BCUT2D eigenvalue weighted by Gasteiger charge is -2.31. The Balaban J connectivity index is 1.55. The van der Waals surface area contributed by atoms with E-state index in [4.69, 9.17) is 10.1 Å². The molecule has 5 rings (SSSR count). The SMILES string of the molecule is CCc1c(N2CCNCC2)c(=O)n2nc(C3=CCCCCC3)nc2n1CC(=O)Nc1ccc(C(C)(C)C)cc1. The molecule has 0 bridgehead atoms. The van der Waals surface area contributed by atoms with E-state index in [2.05, 4.69) is 54.5 Å². The number of carbonyl (C=O) groups is 1. The molecule has 0 atom stereocenters. The van der Waals surface area contributed by atoms with E-state index < -0.39 is 0 Å². The van der Waals surface area contributed by atoms with Gasteiger partial charge in [-0.25, -0.2) is 0 Å². The van der Waals surface area contributed by atoms with E-state index >= 15 is 0 Å². The van der Waals surface area contributed by atoms with E-state index in [0.29, 0.717) is 23.7 Å². The standard InChI is InChI=1S/C30H41N7O2/c1-5-24-26(35-18-16-31-17-19-35)28(39)37-29(33-27(34-37)21-10-8-6-7-9-11-21)36(24)20-25(38)32-23-14-12-22(13-15-23)30(2,3)4/h10,12-15,31H,5-9,11,16-20H2,1-4H3,(H,32,38).